The first-order chi connectivity index (χ1) is 7.97. The number of nitrogens with zero attached hydrogens (tertiary/aromatic N) is 2. The molecule has 1 aliphatic carbocycles. The highest BCUT2D eigenvalue weighted by atomic mass is 16.5. The SMILES string of the molecule is CCOC(=O)/C([N+]#N)=C(\O)C1(C)CCCC1=O. The number of hydrogen-bond acceptors (Lipinski definition) is 5. The fourth-order valence-electron chi connectivity index (χ4n) is 1.91. The lowest BCUT2D eigenvalue weighted by Gasteiger charge is -2.18. The van der Waals surface area contributed by atoms with Gasteiger partial charge in [0.05, 0.1) is 12.0 Å². The Morgan fingerprint density at radius 1 is 1.65 bits per heavy atom. The van der Waals surface area contributed by atoms with Crippen molar-refractivity contribution in [2.24, 2.45) is 5.41 Å². The molecule has 0 aromatic carbocycles. The summed E-state index contributed by atoms with van der Waals surface area (Å²) in [5, 5.41) is 18.7. The molecule has 6 nitrogen and oxygen atoms in total. The zero-order chi connectivity index (χ0) is 13.1. The number of diazo groups is 1. The van der Waals surface area contributed by atoms with Gasteiger partial charge < -0.3 is 9.84 Å². The zero-order valence-electron chi connectivity index (χ0n) is 9.89. The topological polar surface area (TPSA) is 91.8 Å². The normalized spacial score (nSPS) is 25.1. The summed E-state index contributed by atoms with van der Waals surface area (Å²) >= 11 is 0. The molecular weight excluding hydrogens is 224 g/mol. The molecule has 1 atom stereocenters. The highest BCUT2D eigenvalue weighted by Crippen LogP contribution is 2.41. The van der Waals surface area contributed by atoms with E-state index in [9.17, 15) is 14.7 Å². The Balaban J connectivity index is 3.14. The number of allylic oxidation sites excluding steroid dienone is 1. The van der Waals surface area contributed by atoms with Crippen LogP contribution in [0, 0.1) is 10.8 Å². The van der Waals surface area contributed by atoms with E-state index >= 15 is 0 Å². The maximum absolute atomic E-state index is 11.7. The van der Waals surface area contributed by atoms with Crippen LogP contribution in [0.3, 0.4) is 0 Å². The van der Waals surface area contributed by atoms with Crippen LogP contribution in [0.2, 0.25) is 0 Å². The number of ether oxygens (including phenoxy) is 1. The lowest BCUT2D eigenvalue weighted by Crippen LogP contribution is -2.27. The van der Waals surface area contributed by atoms with Gasteiger partial charge in [0.1, 0.15) is 5.78 Å². The summed E-state index contributed by atoms with van der Waals surface area (Å²) in [5.41, 5.74) is -1.74. The van der Waals surface area contributed by atoms with Crippen molar-refractivity contribution in [3.05, 3.63) is 16.4 Å². The van der Waals surface area contributed by atoms with Crippen LogP contribution < -0.4 is 0 Å². The quantitative estimate of drug-likeness (QED) is 0.351. The summed E-state index contributed by atoms with van der Waals surface area (Å²) in [7, 11) is 0. The minimum atomic E-state index is -1.14. The molecule has 6 heteroatoms. The molecule has 17 heavy (non-hydrogen) atoms. The summed E-state index contributed by atoms with van der Waals surface area (Å²) in [4.78, 5) is 25.8. The van der Waals surface area contributed by atoms with Crippen molar-refractivity contribution in [3.63, 3.8) is 0 Å². The first-order valence-electron chi connectivity index (χ1n) is 5.46. The molecule has 0 amide bonds. The minimum absolute atomic E-state index is 0.0930. The molecule has 1 fully saturated rings. The van der Waals surface area contributed by atoms with Crippen molar-refractivity contribution >= 4 is 11.8 Å². The zero-order valence-corrected chi connectivity index (χ0v) is 9.89. The van der Waals surface area contributed by atoms with Gasteiger partial charge in [-0.25, -0.2) is 4.79 Å². The molecular formula is C11H15N2O4+. The predicted octanol–water partition coefficient (Wildman–Crippen LogP) is 1.93. The van der Waals surface area contributed by atoms with Gasteiger partial charge in [-0.15, -0.1) is 0 Å². The maximum atomic E-state index is 11.7. The van der Waals surface area contributed by atoms with Gasteiger partial charge in [-0.1, -0.05) is 0 Å². The van der Waals surface area contributed by atoms with E-state index in [1.807, 2.05) is 0 Å². The van der Waals surface area contributed by atoms with Crippen molar-refractivity contribution < 1.29 is 19.4 Å². The lowest BCUT2D eigenvalue weighted by atomic mass is 9.84. The van der Waals surface area contributed by atoms with Crippen molar-refractivity contribution in [3.8, 4) is 0 Å². The molecule has 1 rings (SSSR count). The molecule has 1 N–H and O–H groups in total. The summed E-state index contributed by atoms with van der Waals surface area (Å²) < 4.78 is 4.63. The van der Waals surface area contributed by atoms with Gasteiger partial charge in [0.25, 0.3) is 0 Å². The van der Waals surface area contributed by atoms with Crippen LogP contribution in [-0.2, 0) is 14.3 Å². The second-order valence-corrected chi connectivity index (χ2v) is 4.13. The van der Waals surface area contributed by atoms with E-state index in [2.05, 4.69) is 9.71 Å². The fraction of sp³-hybridized carbons (Fsp3) is 0.636. The molecule has 0 spiro atoms. The van der Waals surface area contributed by atoms with Gasteiger partial charge in [-0.3, -0.25) is 4.79 Å². The number of Topliss-reactive ketones (excluding diaryl/α,β-unsaturated/α-hetero) is 1. The van der Waals surface area contributed by atoms with Crippen molar-refractivity contribution in [1.29, 1.82) is 5.39 Å². The third kappa shape index (κ3) is 2.28. The van der Waals surface area contributed by atoms with Crippen LogP contribution in [0.1, 0.15) is 33.1 Å². The molecule has 0 radical (unpaired) electrons. The Morgan fingerprint density at radius 2 is 2.29 bits per heavy atom. The third-order valence-corrected chi connectivity index (χ3v) is 3.01. The fourth-order valence-corrected chi connectivity index (χ4v) is 1.91. The number of esters is 1. The average Bonchev–Trinajstić information content (AvgIpc) is 2.62. The van der Waals surface area contributed by atoms with Crippen LogP contribution in [-0.4, -0.2) is 23.5 Å². The molecule has 0 aromatic rings. The van der Waals surface area contributed by atoms with Crippen LogP contribution in [0.25, 0.3) is 4.98 Å². The van der Waals surface area contributed by atoms with E-state index in [0.717, 1.165) is 0 Å². The van der Waals surface area contributed by atoms with E-state index in [1.165, 1.54) is 6.92 Å². The van der Waals surface area contributed by atoms with Crippen molar-refractivity contribution in [1.82, 2.24) is 0 Å². The van der Waals surface area contributed by atoms with Gasteiger partial charge >= 0.3 is 11.7 Å². The number of hydrogen-bond donors (Lipinski definition) is 1. The first kappa shape index (κ1) is 13.2. The molecule has 0 bridgehead atoms. The maximum Gasteiger partial charge on any atom is 0.506 e. The van der Waals surface area contributed by atoms with Crippen molar-refractivity contribution in [2.75, 3.05) is 6.61 Å². The number of aliphatic hydroxyl groups excluding tert-OH is 1. The molecule has 1 saturated carbocycles. The molecule has 0 saturated heterocycles. The van der Waals surface area contributed by atoms with Crippen LogP contribution in [0.15, 0.2) is 11.5 Å². The number of carbonyl (C=O) groups is 2. The Kier molecular flexibility index (Phi) is 3.84. The highest BCUT2D eigenvalue weighted by molar-refractivity contribution is 5.95. The van der Waals surface area contributed by atoms with Crippen LogP contribution >= 0.6 is 0 Å². The summed E-state index contributed by atoms with van der Waals surface area (Å²) in [6.45, 7) is 3.21. The number of aliphatic hydroxyl groups is 1. The predicted molar refractivity (Wildman–Crippen MR) is 58.3 cm³/mol. The van der Waals surface area contributed by atoms with Crippen molar-refractivity contribution in [2.45, 2.75) is 33.1 Å². The van der Waals surface area contributed by atoms with Gasteiger partial charge in [-0.05, 0) is 26.7 Å². The molecule has 1 unspecified atom stereocenters. The van der Waals surface area contributed by atoms with Gasteiger partial charge in [-0.2, -0.15) is 0 Å². The van der Waals surface area contributed by atoms with E-state index < -0.39 is 22.8 Å². The molecule has 0 aliphatic heterocycles. The molecule has 0 heterocycles. The Labute approximate surface area is 98.9 Å². The first-order valence-corrected chi connectivity index (χ1v) is 5.46. The smallest absolute Gasteiger partial charge is 0.504 e. The molecule has 0 aromatic heterocycles. The Morgan fingerprint density at radius 3 is 2.71 bits per heavy atom. The largest absolute Gasteiger partial charge is 0.506 e. The van der Waals surface area contributed by atoms with Crippen LogP contribution in [0.4, 0.5) is 0 Å². The lowest BCUT2D eigenvalue weighted by molar-refractivity contribution is -0.138. The standard InChI is InChI=1S/C11H14N2O4/c1-3-17-10(16)8(13-12)9(15)11(2)6-4-5-7(11)14/h3-6H2,1-2H3/p+1. The highest BCUT2D eigenvalue weighted by Gasteiger charge is 2.48. The Hall–Kier alpha value is -1.90. The van der Waals surface area contributed by atoms with Crippen LogP contribution in [0.5, 0.6) is 0 Å². The van der Waals surface area contributed by atoms with Gasteiger partial charge in [0, 0.05) is 6.42 Å². The number of carbonyl (C=O) groups excluding carboxylic acids is 2. The Bertz CT molecular complexity index is 422. The van der Waals surface area contributed by atoms with E-state index in [-0.39, 0.29) is 12.4 Å². The van der Waals surface area contributed by atoms with E-state index in [1.54, 1.807) is 6.92 Å². The number of ketones is 1. The second kappa shape index (κ2) is 4.95. The van der Waals surface area contributed by atoms with Gasteiger partial charge in [0.2, 0.25) is 11.2 Å². The second-order valence-electron chi connectivity index (χ2n) is 4.13. The van der Waals surface area contributed by atoms with E-state index in [0.29, 0.717) is 19.3 Å². The van der Waals surface area contributed by atoms with E-state index in [4.69, 9.17) is 5.39 Å². The molecule has 1 aliphatic rings. The molecule has 92 valence electrons. The van der Waals surface area contributed by atoms with Gasteiger partial charge in [0.15, 0.2) is 4.98 Å². The summed E-state index contributed by atoms with van der Waals surface area (Å²) in [6.07, 6.45) is 1.42. The monoisotopic (exact) mass is 239 g/mol. The minimum Gasteiger partial charge on any atom is -0.504 e. The average molecular weight is 239 g/mol. The number of rotatable bonds is 3. The summed E-state index contributed by atoms with van der Waals surface area (Å²) in [5.74, 6) is -1.62. The summed E-state index contributed by atoms with van der Waals surface area (Å²) in [6, 6.07) is 0. The third-order valence-electron chi connectivity index (χ3n) is 3.01.